The first kappa shape index (κ1) is 15.6. The van der Waals surface area contributed by atoms with Crippen LogP contribution < -0.4 is 11.3 Å². The minimum Gasteiger partial charge on any atom is -0.271 e. The summed E-state index contributed by atoms with van der Waals surface area (Å²) in [5.41, 5.74) is 5.35. The van der Waals surface area contributed by atoms with Crippen molar-refractivity contribution in [3.8, 4) is 0 Å². The van der Waals surface area contributed by atoms with E-state index in [1.807, 2.05) is 24.3 Å². The van der Waals surface area contributed by atoms with Crippen molar-refractivity contribution in [1.82, 2.24) is 5.43 Å². The number of nitrogens with one attached hydrogen (secondary N) is 1. The molecule has 2 nitrogen and oxygen atoms in total. The van der Waals surface area contributed by atoms with E-state index in [-0.39, 0.29) is 6.04 Å². The molecule has 2 rings (SSSR count). The molecular formula is C17H20F2N2. The van der Waals surface area contributed by atoms with Gasteiger partial charge in [0.15, 0.2) is 0 Å². The molecule has 0 aliphatic rings. The predicted molar refractivity (Wildman–Crippen MR) is 80.7 cm³/mol. The summed E-state index contributed by atoms with van der Waals surface area (Å²) in [5, 5.41) is 0. The predicted octanol–water partition coefficient (Wildman–Crippen LogP) is 3.84. The van der Waals surface area contributed by atoms with E-state index in [4.69, 9.17) is 5.84 Å². The van der Waals surface area contributed by atoms with Crippen LogP contribution in [0.4, 0.5) is 8.78 Å². The molecule has 0 amide bonds. The molecule has 0 fully saturated rings. The van der Waals surface area contributed by atoms with Crippen LogP contribution in [0, 0.1) is 11.6 Å². The van der Waals surface area contributed by atoms with Gasteiger partial charge in [0, 0.05) is 6.07 Å². The molecule has 0 heterocycles. The summed E-state index contributed by atoms with van der Waals surface area (Å²) in [7, 11) is 0. The van der Waals surface area contributed by atoms with Gasteiger partial charge < -0.3 is 0 Å². The summed E-state index contributed by atoms with van der Waals surface area (Å²) in [5.74, 6) is 4.92. The van der Waals surface area contributed by atoms with Crippen molar-refractivity contribution in [2.45, 2.75) is 32.2 Å². The fraction of sp³-hybridized carbons (Fsp3) is 0.294. The number of hydrogen-bond donors (Lipinski definition) is 2. The molecule has 0 saturated carbocycles. The fourth-order valence-corrected chi connectivity index (χ4v) is 2.29. The lowest BCUT2D eigenvalue weighted by Gasteiger charge is -2.18. The Kier molecular flexibility index (Phi) is 5.04. The Bertz CT molecular complexity index is 594. The van der Waals surface area contributed by atoms with Gasteiger partial charge in [0.05, 0.1) is 6.04 Å². The molecule has 0 aliphatic carbocycles. The van der Waals surface area contributed by atoms with Gasteiger partial charge in [-0.15, -0.1) is 0 Å². The van der Waals surface area contributed by atoms with Crippen LogP contribution in [0.3, 0.4) is 0 Å². The number of hydrazine groups is 1. The molecule has 0 radical (unpaired) electrons. The van der Waals surface area contributed by atoms with E-state index in [0.717, 1.165) is 11.6 Å². The zero-order chi connectivity index (χ0) is 15.4. The van der Waals surface area contributed by atoms with E-state index in [1.54, 1.807) is 0 Å². The molecule has 1 unspecified atom stereocenters. The Hall–Kier alpha value is -1.78. The topological polar surface area (TPSA) is 38.0 Å². The molecule has 0 saturated heterocycles. The summed E-state index contributed by atoms with van der Waals surface area (Å²) in [4.78, 5) is 0. The monoisotopic (exact) mass is 290 g/mol. The van der Waals surface area contributed by atoms with Crippen LogP contribution in [0.25, 0.3) is 0 Å². The van der Waals surface area contributed by atoms with Crippen molar-refractivity contribution in [2.24, 2.45) is 5.84 Å². The summed E-state index contributed by atoms with van der Waals surface area (Å²) >= 11 is 0. The maximum atomic E-state index is 13.7. The normalized spacial score (nSPS) is 12.7. The maximum absolute atomic E-state index is 13.7. The molecule has 21 heavy (non-hydrogen) atoms. The molecule has 1 atom stereocenters. The summed E-state index contributed by atoms with van der Waals surface area (Å²) in [6, 6.07) is 11.5. The lowest BCUT2D eigenvalue weighted by atomic mass is 9.95. The number of hydrogen-bond acceptors (Lipinski definition) is 2. The Labute approximate surface area is 124 Å². The lowest BCUT2D eigenvalue weighted by molar-refractivity contribution is 0.522. The Morgan fingerprint density at radius 2 is 1.62 bits per heavy atom. The highest BCUT2D eigenvalue weighted by atomic mass is 19.1. The zero-order valence-electron chi connectivity index (χ0n) is 12.2. The van der Waals surface area contributed by atoms with Crippen LogP contribution in [0.2, 0.25) is 0 Å². The Morgan fingerprint density at radius 1 is 1.00 bits per heavy atom. The van der Waals surface area contributed by atoms with Gasteiger partial charge in [0.1, 0.15) is 11.6 Å². The third-order valence-corrected chi connectivity index (χ3v) is 3.65. The summed E-state index contributed by atoms with van der Waals surface area (Å²) < 4.78 is 26.7. The molecule has 2 aromatic rings. The van der Waals surface area contributed by atoms with Crippen LogP contribution in [-0.4, -0.2) is 0 Å². The number of nitrogens with two attached hydrogens (primary N) is 1. The van der Waals surface area contributed by atoms with Gasteiger partial charge in [-0.1, -0.05) is 44.2 Å². The molecule has 0 bridgehead atoms. The third kappa shape index (κ3) is 3.86. The van der Waals surface area contributed by atoms with Crippen molar-refractivity contribution in [2.75, 3.05) is 0 Å². The second-order valence-electron chi connectivity index (χ2n) is 5.48. The zero-order valence-corrected chi connectivity index (χ0v) is 12.2. The van der Waals surface area contributed by atoms with E-state index >= 15 is 0 Å². The van der Waals surface area contributed by atoms with Crippen molar-refractivity contribution in [3.63, 3.8) is 0 Å². The third-order valence-electron chi connectivity index (χ3n) is 3.65. The average molecular weight is 290 g/mol. The second kappa shape index (κ2) is 6.78. The molecular weight excluding hydrogens is 270 g/mol. The van der Waals surface area contributed by atoms with Gasteiger partial charge in [-0.2, -0.15) is 0 Å². The highest BCUT2D eigenvalue weighted by molar-refractivity contribution is 5.29. The molecule has 3 N–H and O–H groups in total. The average Bonchev–Trinajstić information content (AvgIpc) is 2.47. The minimum atomic E-state index is -0.574. The summed E-state index contributed by atoms with van der Waals surface area (Å²) in [6.07, 6.45) is 0.365. The first-order valence-electron chi connectivity index (χ1n) is 7.01. The quantitative estimate of drug-likeness (QED) is 0.648. The SMILES string of the molecule is CC(C)c1ccc(C(Cc2ccc(F)cc2F)NN)cc1. The highest BCUT2D eigenvalue weighted by Crippen LogP contribution is 2.22. The van der Waals surface area contributed by atoms with Crippen LogP contribution >= 0.6 is 0 Å². The first-order valence-corrected chi connectivity index (χ1v) is 7.01. The molecule has 0 aliphatic heterocycles. The van der Waals surface area contributed by atoms with E-state index < -0.39 is 11.6 Å². The van der Waals surface area contributed by atoms with Gasteiger partial charge >= 0.3 is 0 Å². The molecule has 0 spiro atoms. The van der Waals surface area contributed by atoms with Crippen molar-refractivity contribution in [1.29, 1.82) is 0 Å². The number of rotatable bonds is 5. The number of benzene rings is 2. The molecule has 112 valence electrons. The number of halogens is 2. The van der Waals surface area contributed by atoms with Gasteiger partial charge in [-0.3, -0.25) is 11.3 Å². The standard InChI is InChI=1S/C17H20F2N2/c1-11(2)12-3-5-13(6-4-12)17(21-20)9-14-7-8-15(18)10-16(14)19/h3-8,10-11,17,21H,9,20H2,1-2H3. The second-order valence-corrected chi connectivity index (χ2v) is 5.48. The van der Waals surface area contributed by atoms with Crippen molar-refractivity contribution < 1.29 is 8.78 Å². The Balaban J connectivity index is 2.19. The van der Waals surface area contributed by atoms with Crippen molar-refractivity contribution in [3.05, 3.63) is 70.8 Å². The van der Waals surface area contributed by atoms with E-state index in [0.29, 0.717) is 17.9 Å². The molecule has 4 heteroatoms. The van der Waals surface area contributed by atoms with Crippen LogP contribution in [0.1, 0.15) is 42.5 Å². The van der Waals surface area contributed by atoms with Gasteiger partial charge in [-0.05, 0) is 35.1 Å². The molecule has 2 aromatic carbocycles. The van der Waals surface area contributed by atoms with Crippen LogP contribution in [-0.2, 0) is 6.42 Å². The van der Waals surface area contributed by atoms with Crippen LogP contribution in [0.15, 0.2) is 42.5 Å². The van der Waals surface area contributed by atoms with Gasteiger partial charge in [0.25, 0.3) is 0 Å². The van der Waals surface area contributed by atoms with Gasteiger partial charge in [-0.25, -0.2) is 8.78 Å². The van der Waals surface area contributed by atoms with E-state index in [1.165, 1.54) is 17.7 Å². The molecule has 0 aromatic heterocycles. The lowest BCUT2D eigenvalue weighted by Crippen LogP contribution is -2.29. The van der Waals surface area contributed by atoms with E-state index in [9.17, 15) is 8.78 Å². The van der Waals surface area contributed by atoms with Crippen LogP contribution in [0.5, 0.6) is 0 Å². The fourth-order valence-electron chi connectivity index (χ4n) is 2.29. The smallest absolute Gasteiger partial charge is 0.129 e. The van der Waals surface area contributed by atoms with E-state index in [2.05, 4.69) is 19.3 Å². The van der Waals surface area contributed by atoms with Gasteiger partial charge in [0.2, 0.25) is 0 Å². The summed E-state index contributed by atoms with van der Waals surface area (Å²) in [6.45, 7) is 4.25. The van der Waals surface area contributed by atoms with Crippen molar-refractivity contribution >= 4 is 0 Å². The Morgan fingerprint density at radius 3 is 2.14 bits per heavy atom. The largest absolute Gasteiger partial charge is 0.271 e. The first-order chi connectivity index (χ1) is 10.0. The maximum Gasteiger partial charge on any atom is 0.129 e. The minimum absolute atomic E-state index is 0.217. The highest BCUT2D eigenvalue weighted by Gasteiger charge is 2.14.